The molecule has 2 nitrogen and oxygen atoms in total. The molecule has 0 aliphatic heterocycles. The van der Waals surface area contributed by atoms with Crippen LogP contribution in [0.15, 0.2) is 42.5 Å². The number of nitrogens with one attached hydrogen (secondary N) is 1. The summed E-state index contributed by atoms with van der Waals surface area (Å²) in [4.78, 5) is 0. The number of hydrogen-bond acceptors (Lipinski definition) is 2. The van der Waals surface area contributed by atoms with E-state index in [0.717, 1.165) is 16.8 Å². The number of hydrogen-bond donors (Lipinski definition) is 2. The van der Waals surface area contributed by atoms with E-state index in [-0.39, 0.29) is 17.7 Å². The van der Waals surface area contributed by atoms with Crippen LogP contribution < -0.4 is 5.32 Å². The van der Waals surface area contributed by atoms with Crippen LogP contribution in [0, 0.1) is 5.82 Å². The second kappa shape index (κ2) is 6.04. The van der Waals surface area contributed by atoms with Gasteiger partial charge in [0.2, 0.25) is 0 Å². The second-order valence-corrected chi connectivity index (χ2v) is 4.76. The molecule has 4 heteroatoms. The van der Waals surface area contributed by atoms with Crippen molar-refractivity contribution in [1.82, 2.24) is 0 Å². The van der Waals surface area contributed by atoms with E-state index in [1.165, 1.54) is 6.07 Å². The third-order valence-corrected chi connectivity index (χ3v) is 3.31. The fraction of sp³-hybridized carbons (Fsp3) is 0.200. The Bertz CT molecular complexity index is 574. The lowest BCUT2D eigenvalue weighted by Gasteiger charge is -2.18. The topological polar surface area (TPSA) is 32.3 Å². The Kier molecular flexibility index (Phi) is 4.40. The van der Waals surface area contributed by atoms with Crippen molar-refractivity contribution < 1.29 is 9.50 Å². The molecule has 2 rings (SSSR count). The molecule has 0 saturated carbocycles. The summed E-state index contributed by atoms with van der Waals surface area (Å²) >= 11 is 5.66. The molecule has 2 N–H and O–H groups in total. The highest BCUT2D eigenvalue weighted by molar-refractivity contribution is 6.30. The van der Waals surface area contributed by atoms with Gasteiger partial charge in [-0.05, 0) is 30.7 Å². The van der Waals surface area contributed by atoms with Crippen LogP contribution in [0.3, 0.4) is 0 Å². The van der Waals surface area contributed by atoms with Crippen molar-refractivity contribution in [2.24, 2.45) is 0 Å². The highest BCUT2D eigenvalue weighted by Gasteiger charge is 2.10. The Hall–Kier alpha value is -1.58. The van der Waals surface area contributed by atoms with Crippen molar-refractivity contribution in [1.29, 1.82) is 0 Å². The predicted octanol–water partition coefficient (Wildman–Crippen LogP) is 4.14. The Morgan fingerprint density at radius 3 is 2.68 bits per heavy atom. The zero-order valence-electron chi connectivity index (χ0n) is 10.5. The first-order valence-electron chi connectivity index (χ1n) is 6.02. The summed E-state index contributed by atoms with van der Waals surface area (Å²) in [6, 6.07) is 12.1. The maximum Gasteiger partial charge on any atom is 0.142 e. The van der Waals surface area contributed by atoms with E-state index in [9.17, 15) is 9.50 Å². The van der Waals surface area contributed by atoms with Gasteiger partial charge in [0.05, 0.1) is 11.6 Å². The second-order valence-electron chi connectivity index (χ2n) is 4.35. The lowest BCUT2D eigenvalue weighted by Crippen LogP contribution is -2.08. The van der Waals surface area contributed by atoms with E-state index in [1.807, 2.05) is 31.2 Å². The molecule has 0 heterocycles. The third kappa shape index (κ3) is 3.25. The van der Waals surface area contributed by atoms with Crippen LogP contribution in [0.1, 0.15) is 24.1 Å². The summed E-state index contributed by atoms with van der Waals surface area (Å²) in [5.41, 5.74) is 2.45. The van der Waals surface area contributed by atoms with Gasteiger partial charge < -0.3 is 10.4 Å². The SMILES string of the molecule is CC(Nc1ccccc1CO)c1ccc(Cl)c(F)c1. The lowest BCUT2D eigenvalue weighted by molar-refractivity contribution is 0.282. The van der Waals surface area contributed by atoms with Gasteiger partial charge in [0.1, 0.15) is 5.82 Å². The van der Waals surface area contributed by atoms with E-state index in [1.54, 1.807) is 12.1 Å². The molecule has 2 aromatic rings. The number of aliphatic hydroxyl groups excluding tert-OH is 1. The first-order chi connectivity index (χ1) is 9.11. The van der Waals surface area contributed by atoms with Gasteiger partial charge in [0.15, 0.2) is 0 Å². The fourth-order valence-electron chi connectivity index (χ4n) is 1.90. The molecule has 0 spiro atoms. The van der Waals surface area contributed by atoms with Crippen LogP contribution in [0.4, 0.5) is 10.1 Å². The van der Waals surface area contributed by atoms with Crippen LogP contribution in [-0.4, -0.2) is 5.11 Å². The number of anilines is 1. The Morgan fingerprint density at radius 1 is 1.26 bits per heavy atom. The third-order valence-electron chi connectivity index (χ3n) is 3.00. The summed E-state index contributed by atoms with van der Waals surface area (Å²) < 4.78 is 13.4. The van der Waals surface area contributed by atoms with Gasteiger partial charge in [-0.2, -0.15) is 0 Å². The Morgan fingerprint density at radius 2 is 2.00 bits per heavy atom. The predicted molar refractivity (Wildman–Crippen MR) is 75.8 cm³/mol. The van der Waals surface area contributed by atoms with Gasteiger partial charge in [-0.3, -0.25) is 0 Å². The Labute approximate surface area is 116 Å². The molecule has 0 saturated heterocycles. The normalized spacial score (nSPS) is 12.2. The summed E-state index contributed by atoms with van der Waals surface area (Å²) in [7, 11) is 0. The summed E-state index contributed by atoms with van der Waals surface area (Å²) in [5, 5.41) is 12.6. The first-order valence-corrected chi connectivity index (χ1v) is 6.40. The number of halogens is 2. The van der Waals surface area contributed by atoms with E-state index in [4.69, 9.17) is 11.6 Å². The van der Waals surface area contributed by atoms with Gasteiger partial charge in [0.25, 0.3) is 0 Å². The fourth-order valence-corrected chi connectivity index (χ4v) is 2.01. The molecule has 0 aliphatic carbocycles. The quantitative estimate of drug-likeness (QED) is 0.881. The largest absolute Gasteiger partial charge is 0.392 e. The van der Waals surface area contributed by atoms with E-state index in [2.05, 4.69) is 5.32 Å². The molecule has 0 aliphatic rings. The maximum atomic E-state index is 13.4. The van der Waals surface area contributed by atoms with Gasteiger partial charge >= 0.3 is 0 Å². The molecule has 0 aromatic heterocycles. The average Bonchev–Trinajstić information content (AvgIpc) is 2.42. The summed E-state index contributed by atoms with van der Waals surface area (Å²) in [6.07, 6.45) is 0. The smallest absolute Gasteiger partial charge is 0.142 e. The van der Waals surface area contributed by atoms with Crippen molar-refractivity contribution >= 4 is 17.3 Å². The van der Waals surface area contributed by atoms with Crippen molar-refractivity contribution in [2.45, 2.75) is 19.6 Å². The summed E-state index contributed by atoms with van der Waals surface area (Å²) in [5.74, 6) is -0.428. The van der Waals surface area contributed by atoms with Crippen molar-refractivity contribution in [3.63, 3.8) is 0 Å². The molecule has 1 unspecified atom stereocenters. The van der Waals surface area contributed by atoms with Crippen LogP contribution in [-0.2, 0) is 6.61 Å². The monoisotopic (exact) mass is 279 g/mol. The van der Waals surface area contributed by atoms with Crippen molar-refractivity contribution in [3.05, 3.63) is 64.4 Å². The minimum atomic E-state index is -0.428. The van der Waals surface area contributed by atoms with Crippen LogP contribution >= 0.6 is 11.6 Å². The molecule has 0 fully saturated rings. The van der Waals surface area contributed by atoms with Crippen LogP contribution in [0.25, 0.3) is 0 Å². The zero-order valence-corrected chi connectivity index (χ0v) is 11.3. The molecular weight excluding hydrogens is 265 g/mol. The maximum absolute atomic E-state index is 13.4. The van der Waals surface area contributed by atoms with Gasteiger partial charge in [-0.25, -0.2) is 4.39 Å². The zero-order chi connectivity index (χ0) is 13.8. The van der Waals surface area contributed by atoms with Gasteiger partial charge in [-0.1, -0.05) is 35.9 Å². The molecule has 2 aromatic carbocycles. The number of benzene rings is 2. The minimum Gasteiger partial charge on any atom is -0.392 e. The first kappa shape index (κ1) is 13.8. The van der Waals surface area contributed by atoms with E-state index >= 15 is 0 Å². The molecule has 19 heavy (non-hydrogen) atoms. The van der Waals surface area contributed by atoms with Crippen LogP contribution in [0.5, 0.6) is 0 Å². The standard InChI is InChI=1S/C15H15ClFNO/c1-10(11-6-7-13(16)14(17)8-11)18-15-5-3-2-4-12(15)9-19/h2-8,10,18-19H,9H2,1H3. The molecule has 0 radical (unpaired) electrons. The van der Waals surface area contributed by atoms with Crippen molar-refractivity contribution in [3.8, 4) is 0 Å². The molecular formula is C15H15ClFNO. The Balaban J connectivity index is 2.20. The summed E-state index contributed by atoms with van der Waals surface area (Å²) in [6.45, 7) is 1.89. The number of rotatable bonds is 4. The van der Waals surface area contributed by atoms with Gasteiger partial charge in [0, 0.05) is 17.3 Å². The number of aliphatic hydroxyl groups is 1. The van der Waals surface area contributed by atoms with E-state index in [0.29, 0.717) is 0 Å². The average molecular weight is 280 g/mol. The van der Waals surface area contributed by atoms with Gasteiger partial charge in [-0.15, -0.1) is 0 Å². The minimum absolute atomic E-state index is 0.0368. The highest BCUT2D eigenvalue weighted by atomic mass is 35.5. The molecule has 1 atom stereocenters. The van der Waals surface area contributed by atoms with E-state index < -0.39 is 5.82 Å². The number of para-hydroxylation sites is 1. The lowest BCUT2D eigenvalue weighted by atomic mass is 10.1. The highest BCUT2D eigenvalue weighted by Crippen LogP contribution is 2.25. The van der Waals surface area contributed by atoms with Crippen molar-refractivity contribution in [2.75, 3.05) is 5.32 Å². The molecule has 100 valence electrons. The molecule has 0 bridgehead atoms. The molecule has 0 amide bonds. The van der Waals surface area contributed by atoms with Crippen LogP contribution in [0.2, 0.25) is 5.02 Å².